The first-order valence-corrected chi connectivity index (χ1v) is 9.36. The van der Waals surface area contributed by atoms with Gasteiger partial charge in [-0.3, -0.25) is 4.79 Å². The number of carbonyl (C=O) groups excluding carboxylic acids is 1. The minimum Gasteiger partial charge on any atom is -0.348 e. The normalized spacial score (nSPS) is 21.0. The van der Waals surface area contributed by atoms with Crippen LogP contribution in [0.25, 0.3) is 20.9 Å². The van der Waals surface area contributed by atoms with E-state index < -0.39 is 0 Å². The van der Waals surface area contributed by atoms with Gasteiger partial charge in [0.05, 0.1) is 4.70 Å². The van der Waals surface area contributed by atoms with Crippen molar-refractivity contribution in [2.45, 2.75) is 38.6 Å². The zero-order valence-corrected chi connectivity index (χ0v) is 14.5. The number of aromatic nitrogens is 2. The minimum absolute atomic E-state index is 0.0129. The van der Waals surface area contributed by atoms with E-state index in [0.29, 0.717) is 11.7 Å². The van der Waals surface area contributed by atoms with Crippen molar-refractivity contribution in [3.63, 3.8) is 0 Å². The molecule has 1 aliphatic carbocycles. The van der Waals surface area contributed by atoms with Crippen LogP contribution in [-0.2, 0) is 0 Å². The fourth-order valence-corrected chi connectivity index (χ4v) is 4.28. The fourth-order valence-electron chi connectivity index (χ4n) is 3.31. The lowest BCUT2D eigenvalue weighted by molar-refractivity contribution is 0.0918. The Hall–Kier alpha value is -2.14. The van der Waals surface area contributed by atoms with Crippen molar-refractivity contribution >= 4 is 27.6 Å². The van der Waals surface area contributed by atoms with Gasteiger partial charge in [-0.2, -0.15) is 0 Å². The Morgan fingerprint density at radius 2 is 1.96 bits per heavy atom. The maximum Gasteiger partial charge on any atom is 0.268 e. The lowest BCUT2D eigenvalue weighted by Gasteiger charge is -2.26. The van der Waals surface area contributed by atoms with Gasteiger partial charge in [-0.15, -0.1) is 11.3 Å². The van der Waals surface area contributed by atoms with Gasteiger partial charge >= 0.3 is 0 Å². The summed E-state index contributed by atoms with van der Waals surface area (Å²) in [6.07, 6.45) is 4.57. The lowest BCUT2D eigenvalue weighted by atomic mass is 9.87. The maximum absolute atomic E-state index is 12.5. The Morgan fingerprint density at radius 3 is 2.67 bits per heavy atom. The Morgan fingerprint density at radius 1 is 1.21 bits per heavy atom. The largest absolute Gasteiger partial charge is 0.348 e. The van der Waals surface area contributed by atoms with Crippen LogP contribution in [0, 0.1) is 5.92 Å². The number of fused-ring (bicyclic) bond motifs is 1. The molecule has 5 heteroatoms. The van der Waals surface area contributed by atoms with Crippen LogP contribution >= 0.6 is 11.3 Å². The number of hydrogen-bond donors (Lipinski definition) is 2. The van der Waals surface area contributed by atoms with Crippen LogP contribution in [0.3, 0.4) is 0 Å². The van der Waals surface area contributed by atoms with Crippen LogP contribution in [0.4, 0.5) is 0 Å². The van der Waals surface area contributed by atoms with Crippen molar-refractivity contribution < 1.29 is 4.79 Å². The number of amides is 1. The second-order valence-electron chi connectivity index (χ2n) is 6.71. The number of aromatic amines is 1. The van der Waals surface area contributed by atoms with E-state index in [-0.39, 0.29) is 5.91 Å². The SMILES string of the molecule is C[C@H]1CC[C@@H](NC(=O)c2cc3sc(-c4ccccc4)nc3[nH]2)CC1. The molecule has 4 rings (SSSR count). The molecule has 1 aliphatic rings. The highest BCUT2D eigenvalue weighted by Gasteiger charge is 2.21. The molecule has 1 saturated carbocycles. The predicted octanol–water partition coefficient (Wildman–Crippen LogP) is 4.60. The quantitative estimate of drug-likeness (QED) is 0.732. The molecule has 2 aromatic heterocycles. The van der Waals surface area contributed by atoms with Crippen LogP contribution < -0.4 is 5.32 Å². The van der Waals surface area contributed by atoms with Crippen LogP contribution in [0.15, 0.2) is 36.4 Å². The summed E-state index contributed by atoms with van der Waals surface area (Å²) >= 11 is 1.61. The van der Waals surface area contributed by atoms with E-state index in [2.05, 4.69) is 34.3 Å². The van der Waals surface area contributed by atoms with E-state index >= 15 is 0 Å². The Kier molecular flexibility index (Phi) is 4.10. The third-order valence-corrected chi connectivity index (χ3v) is 5.85. The van der Waals surface area contributed by atoms with Gasteiger partial charge in [0.15, 0.2) is 0 Å². The molecule has 1 amide bonds. The molecule has 0 aliphatic heterocycles. The van der Waals surface area contributed by atoms with Gasteiger partial charge in [-0.05, 0) is 37.7 Å². The summed E-state index contributed by atoms with van der Waals surface area (Å²) in [6.45, 7) is 2.28. The molecule has 3 aromatic rings. The molecule has 0 radical (unpaired) electrons. The van der Waals surface area contributed by atoms with Gasteiger partial charge in [0, 0.05) is 11.6 Å². The molecule has 4 nitrogen and oxygen atoms in total. The molecular weight excluding hydrogens is 318 g/mol. The van der Waals surface area contributed by atoms with Gasteiger partial charge in [0.1, 0.15) is 16.3 Å². The third kappa shape index (κ3) is 3.08. The zero-order chi connectivity index (χ0) is 16.5. The number of benzene rings is 1. The van der Waals surface area contributed by atoms with Crippen LogP contribution in [0.5, 0.6) is 0 Å². The van der Waals surface area contributed by atoms with Crippen molar-refractivity contribution in [2.75, 3.05) is 0 Å². The van der Waals surface area contributed by atoms with Crippen molar-refractivity contribution in [1.29, 1.82) is 0 Å². The van der Waals surface area contributed by atoms with E-state index in [1.165, 1.54) is 12.8 Å². The van der Waals surface area contributed by atoms with Gasteiger partial charge < -0.3 is 10.3 Å². The Labute approximate surface area is 145 Å². The molecule has 0 unspecified atom stereocenters. The number of carbonyl (C=O) groups is 1. The summed E-state index contributed by atoms with van der Waals surface area (Å²) in [5, 5.41) is 4.14. The van der Waals surface area contributed by atoms with Gasteiger partial charge in [0.2, 0.25) is 0 Å². The predicted molar refractivity (Wildman–Crippen MR) is 98.3 cm³/mol. The molecule has 0 atom stereocenters. The molecule has 2 N–H and O–H groups in total. The van der Waals surface area contributed by atoms with Crippen molar-refractivity contribution in [3.8, 4) is 10.6 Å². The summed E-state index contributed by atoms with van der Waals surface area (Å²) in [5.74, 6) is 0.774. The van der Waals surface area contributed by atoms with E-state index in [1.54, 1.807) is 11.3 Å². The number of H-pyrrole nitrogens is 1. The first kappa shape index (κ1) is 15.4. The average molecular weight is 339 g/mol. The molecule has 1 fully saturated rings. The minimum atomic E-state index is -0.0129. The maximum atomic E-state index is 12.5. The molecule has 2 heterocycles. The highest BCUT2D eigenvalue weighted by molar-refractivity contribution is 7.21. The van der Waals surface area contributed by atoms with E-state index in [4.69, 9.17) is 0 Å². The zero-order valence-electron chi connectivity index (χ0n) is 13.7. The number of thiazole rings is 1. The van der Waals surface area contributed by atoms with Gasteiger partial charge in [0.25, 0.3) is 5.91 Å². The van der Waals surface area contributed by atoms with E-state index in [1.807, 2.05) is 24.3 Å². The monoisotopic (exact) mass is 339 g/mol. The fraction of sp³-hybridized carbons (Fsp3) is 0.368. The smallest absolute Gasteiger partial charge is 0.268 e. The standard InChI is InChI=1S/C19H21N3OS/c1-12-7-9-14(10-8-12)20-18(23)15-11-16-17(21-15)22-19(24-16)13-5-3-2-4-6-13/h2-6,11-12,14,21H,7-10H2,1H3,(H,20,23)/t12-,14+. The summed E-state index contributed by atoms with van der Waals surface area (Å²) in [5.41, 5.74) is 2.51. The highest BCUT2D eigenvalue weighted by atomic mass is 32.1. The lowest BCUT2D eigenvalue weighted by Crippen LogP contribution is -2.37. The van der Waals surface area contributed by atoms with Crippen molar-refractivity contribution in [3.05, 3.63) is 42.1 Å². The molecule has 0 spiro atoms. The van der Waals surface area contributed by atoms with E-state index in [0.717, 1.165) is 39.7 Å². The van der Waals surface area contributed by atoms with Crippen molar-refractivity contribution in [2.24, 2.45) is 5.92 Å². The summed E-state index contributed by atoms with van der Waals surface area (Å²) in [4.78, 5) is 20.2. The Bertz CT molecular complexity index is 813. The first-order valence-electron chi connectivity index (χ1n) is 8.55. The number of hydrogen-bond acceptors (Lipinski definition) is 3. The Balaban J connectivity index is 1.49. The number of nitrogens with one attached hydrogen (secondary N) is 2. The molecule has 0 bridgehead atoms. The topological polar surface area (TPSA) is 57.8 Å². The number of nitrogens with zero attached hydrogens (tertiary/aromatic N) is 1. The summed E-state index contributed by atoms with van der Waals surface area (Å²) < 4.78 is 1.02. The second-order valence-corrected chi connectivity index (χ2v) is 7.74. The molecule has 0 saturated heterocycles. The number of rotatable bonds is 3. The summed E-state index contributed by atoms with van der Waals surface area (Å²) in [6, 6.07) is 12.3. The molecule has 124 valence electrons. The third-order valence-electron chi connectivity index (χ3n) is 4.80. The van der Waals surface area contributed by atoms with Gasteiger partial charge in [-0.1, -0.05) is 37.3 Å². The molecule has 1 aromatic carbocycles. The molecular formula is C19H21N3OS. The van der Waals surface area contributed by atoms with Gasteiger partial charge in [-0.25, -0.2) is 4.98 Å². The van der Waals surface area contributed by atoms with Crippen LogP contribution in [0.1, 0.15) is 43.1 Å². The van der Waals surface area contributed by atoms with Crippen molar-refractivity contribution in [1.82, 2.24) is 15.3 Å². The van der Waals surface area contributed by atoms with E-state index in [9.17, 15) is 4.79 Å². The summed E-state index contributed by atoms with van der Waals surface area (Å²) in [7, 11) is 0. The van der Waals surface area contributed by atoms with Crippen LogP contribution in [-0.4, -0.2) is 21.9 Å². The van der Waals surface area contributed by atoms with Crippen LogP contribution in [0.2, 0.25) is 0 Å². The highest BCUT2D eigenvalue weighted by Crippen LogP contribution is 2.30. The molecule has 24 heavy (non-hydrogen) atoms. The average Bonchev–Trinajstić information content (AvgIpc) is 3.17. The first-order chi connectivity index (χ1) is 11.7. The second kappa shape index (κ2) is 6.40.